The Bertz CT molecular complexity index is 1230. The lowest BCUT2D eigenvalue weighted by Crippen LogP contribution is -2.41. The van der Waals surface area contributed by atoms with Crippen LogP contribution in [0.5, 0.6) is 5.75 Å². The van der Waals surface area contributed by atoms with E-state index in [1.807, 2.05) is 45.2 Å². The molecule has 0 aromatic heterocycles. The highest BCUT2D eigenvalue weighted by molar-refractivity contribution is 6.42. The fraction of sp³-hybridized carbons (Fsp3) is 0.387. The quantitative estimate of drug-likeness (QED) is 0.266. The van der Waals surface area contributed by atoms with Gasteiger partial charge in [-0.15, -0.1) is 0 Å². The molecule has 4 rings (SSSR count). The molecule has 7 heteroatoms. The van der Waals surface area contributed by atoms with Crippen LogP contribution >= 0.6 is 23.2 Å². The Morgan fingerprint density at radius 2 is 1.66 bits per heavy atom. The summed E-state index contributed by atoms with van der Waals surface area (Å²) in [6.45, 7) is 7.37. The number of ether oxygens (including phenoxy) is 1. The third-order valence-electron chi connectivity index (χ3n) is 7.05. The lowest BCUT2D eigenvalue weighted by molar-refractivity contribution is -0.119. The fourth-order valence-electron chi connectivity index (χ4n) is 4.93. The van der Waals surface area contributed by atoms with Gasteiger partial charge in [-0.05, 0) is 82.2 Å². The van der Waals surface area contributed by atoms with Crippen LogP contribution in [0.2, 0.25) is 10.0 Å². The van der Waals surface area contributed by atoms with Gasteiger partial charge in [-0.2, -0.15) is 0 Å². The summed E-state index contributed by atoms with van der Waals surface area (Å²) in [7, 11) is 3.80. The van der Waals surface area contributed by atoms with E-state index in [1.54, 1.807) is 24.1 Å². The van der Waals surface area contributed by atoms with E-state index in [2.05, 4.69) is 40.1 Å². The van der Waals surface area contributed by atoms with Crippen molar-refractivity contribution in [1.82, 2.24) is 9.80 Å². The summed E-state index contributed by atoms with van der Waals surface area (Å²) in [6.07, 6.45) is 2.47. The second-order valence-electron chi connectivity index (χ2n) is 10.3. The minimum absolute atomic E-state index is 0.0168. The molecule has 1 atom stereocenters. The monoisotopic (exact) mass is 553 g/mol. The molecule has 3 aromatic rings. The number of carbonyl (C=O) groups excluding carboxylic acids is 1. The van der Waals surface area contributed by atoms with Crippen molar-refractivity contribution in [2.24, 2.45) is 0 Å². The summed E-state index contributed by atoms with van der Waals surface area (Å²) in [4.78, 5) is 19.6. The van der Waals surface area contributed by atoms with Crippen LogP contribution in [0.25, 0.3) is 11.1 Å². The van der Waals surface area contributed by atoms with E-state index in [-0.39, 0.29) is 24.6 Å². The number of carbonyl (C=O) groups is 1. The number of hydrogen-bond acceptors (Lipinski definition) is 4. The molecule has 0 bridgehead atoms. The Labute approximate surface area is 236 Å². The fourth-order valence-corrected chi connectivity index (χ4v) is 5.22. The first-order valence-corrected chi connectivity index (χ1v) is 14.0. The molecule has 38 heavy (non-hydrogen) atoms. The zero-order valence-electron chi connectivity index (χ0n) is 22.7. The summed E-state index contributed by atoms with van der Waals surface area (Å²) in [5.74, 6) is 0.847. The molecule has 1 aliphatic heterocycles. The van der Waals surface area contributed by atoms with Crippen molar-refractivity contribution in [2.45, 2.75) is 38.8 Å². The molecule has 0 radical (unpaired) electrons. The molecule has 1 unspecified atom stereocenters. The van der Waals surface area contributed by atoms with E-state index in [0.717, 1.165) is 42.1 Å². The predicted octanol–water partition coefficient (Wildman–Crippen LogP) is 7.18. The number of anilines is 1. The van der Waals surface area contributed by atoms with Crippen molar-refractivity contribution in [1.29, 1.82) is 0 Å². The number of rotatable bonds is 10. The third kappa shape index (κ3) is 7.09. The highest BCUT2D eigenvalue weighted by Gasteiger charge is 2.26. The second kappa shape index (κ2) is 13.0. The van der Waals surface area contributed by atoms with E-state index >= 15 is 0 Å². The number of amides is 1. The van der Waals surface area contributed by atoms with Crippen LogP contribution in [0.15, 0.2) is 66.7 Å². The van der Waals surface area contributed by atoms with E-state index in [4.69, 9.17) is 27.9 Å². The van der Waals surface area contributed by atoms with Gasteiger partial charge in [-0.3, -0.25) is 9.69 Å². The van der Waals surface area contributed by atoms with Gasteiger partial charge in [0.15, 0.2) is 0 Å². The van der Waals surface area contributed by atoms with Gasteiger partial charge >= 0.3 is 0 Å². The Morgan fingerprint density at radius 1 is 0.947 bits per heavy atom. The molecule has 0 spiro atoms. The molecule has 1 saturated heterocycles. The maximum atomic E-state index is 13.3. The Morgan fingerprint density at radius 3 is 2.32 bits per heavy atom. The van der Waals surface area contributed by atoms with Gasteiger partial charge in [0.05, 0.1) is 22.7 Å². The molecule has 202 valence electrons. The van der Waals surface area contributed by atoms with Crippen LogP contribution in [0.1, 0.15) is 38.3 Å². The summed E-state index contributed by atoms with van der Waals surface area (Å²) in [5.41, 5.74) is 4.05. The molecule has 0 saturated carbocycles. The first-order chi connectivity index (χ1) is 18.2. The highest BCUT2D eigenvalue weighted by atomic mass is 35.5. The maximum absolute atomic E-state index is 13.3. The molecule has 1 fully saturated rings. The predicted molar refractivity (Wildman–Crippen MR) is 159 cm³/mol. The highest BCUT2D eigenvalue weighted by Crippen LogP contribution is 2.35. The molecule has 5 nitrogen and oxygen atoms in total. The van der Waals surface area contributed by atoms with Gasteiger partial charge < -0.3 is 14.5 Å². The zero-order valence-corrected chi connectivity index (χ0v) is 24.2. The second-order valence-corrected chi connectivity index (χ2v) is 11.1. The van der Waals surface area contributed by atoms with Crippen LogP contribution in [0, 0.1) is 0 Å². The van der Waals surface area contributed by atoms with Gasteiger partial charge in [-0.25, -0.2) is 0 Å². The number of hydrogen-bond donors (Lipinski definition) is 0. The molecule has 3 aromatic carbocycles. The molecule has 0 N–H and O–H groups in total. The molecule has 0 aliphatic carbocycles. The minimum Gasteiger partial charge on any atom is -0.490 e. The molecule has 1 amide bonds. The van der Waals surface area contributed by atoms with Crippen LogP contribution in [0.3, 0.4) is 0 Å². The average Bonchev–Trinajstić information content (AvgIpc) is 3.42. The largest absolute Gasteiger partial charge is 0.490 e. The summed E-state index contributed by atoms with van der Waals surface area (Å²) < 4.78 is 6.31. The molecular formula is C31H37Cl2N3O2. The van der Waals surface area contributed by atoms with Crippen molar-refractivity contribution >= 4 is 34.8 Å². The maximum Gasteiger partial charge on any atom is 0.240 e. The van der Waals surface area contributed by atoms with Crippen LogP contribution < -0.4 is 9.64 Å². The third-order valence-corrected chi connectivity index (χ3v) is 7.79. The first kappa shape index (κ1) is 28.4. The van der Waals surface area contributed by atoms with Crippen molar-refractivity contribution in [3.8, 4) is 16.9 Å². The Balaban J connectivity index is 1.61. The minimum atomic E-state index is -0.0168. The van der Waals surface area contributed by atoms with E-state index < -0.39 is 0 Å². The Kier molecular flexibility index (Phi) is 9.72. The van der Waals surface area contributed by atoms with Crippen molar-refractivity contribution in [3.63, 3.8) is 0 Å². The van der Waals surface area contributed by atoms with Crippen LogP contribution in [0.4, 0.5) is 5.69 Å². The topological polar surface area (TPSA) is 36.0 Å². The number of likely N-dealkylation sites (N-methyl/N-ethyl adjacent to an activating group) is 2. The molecule has 1 heterocycles. The molecule has 1 aliphatic rings. The van der Waals surface area contributed by atoms with Crippen molar-refractivity contribution < 1.29 is 9.53 Å². The molecular weight excluding hydrogens is 517 g/mol. The number of benzene rings is 3. The van der Waals surface area contributed by atoms with Crippen LogP contribution in [-0.4, -0.2) is 62.1 Å². The van der Waals surface area contributed by atoms with Gasteiger partial charge in [0.1, 0.15) is 5.75 Å². The lowest BCUT2D eigenvalue weighted by atomic mass is 9.98. The van der Waals surface area contributed by atoms with E-state index in [1.165, 1.54) is 12.8 Å². The van der Waals surface area contributed by atoms with Gasteiger partial charge in [-0.1, -0.05) is 65.7 Å². The number of likely N-dealkylation sites (tertiary alicyclic amines) is 1. The number of halogens is 2. The Hall–Kier alpha value is -2.57. The lowest BCUT2D eigenvalue weighted by Gasteiger charge is -2.33. The summed E-state index contributed by atoms with van der Waals surface area (Å²) in [6, 6.07) is 22.1. The summed E-state index contributed by atoms with van der Waals surface area (Å²) in [5, 5.41) is 0.901. The van der Waals surface area contributed by atoms with Crippen LogP contribution in [-0.2, 0) is 4.79 Å². The summed E-state index contributed by atoms with van der Waals surface area (Å²) >= 11 is 12.3. The van der Waals surface area contributed by atoms with E-state index in [0.29, 0.717) is 15.7 Å². The SMILES string of the molecule is CC(C)Oc1cc(C(CN2CCCC2)N(C)CC(=O)N(C)c2ccc(Cl)c(Cl)c2)ccc1-c1ccccc1. The van der Waals surface area contributed by atoms with E-state index in [9.17, 15) is 4.79 Å². The van der Waals surface area contributed by atoms with Gasteiger partial charge in [0.25, 0.3) is 0 Å². The first-order valence-electron chi connectivity index (χ1n) is 13.2. The standard InChI is InChI=1S/C31H37Cl2N3O2/c1-22(2)38-30-18-24(12-14-26(30)23-10-6-5-7-11-23)29(20-36-16-8-9-17-36)34(3)21-31(37)35(4)25-13-15-27(32)28(33)19-25/h5-7,10-15,18-19,22,29H,8-9,16-17,20-21H2,1-4H3. The van der Waals surface area contributed by atoms with Crippen molar-refractivity contribution in [3.05, 3.63) is 82.3 Å². The van der Waals surface area contributed by atoms with Crippen molar-refractivity contribution in [2.75, 3.05) is 45.2 Å². The smallest absolute Gasteiger partial charge is 0.240 e. The normalized spacial score (nSPS) is 14.7. The zero-order chi connectivity index (χ0) is 27.2. The van der Waals surface area contributed by atoms with Gasteiger partial charge in [0, 0.05) is 30.9 Å². The average molecular weight is 555 g/mol. The number of nitrogens with zero attached hydrogens (tertiary/aromatic N) is 3. The van der Waals surface area contributed by atoms with Gasteiger partial charge in [0.2, 0.25) is 5.91 Å².